The minimum Gasteiger partial charge on any atom is -0.465 e. The first-order valence-corrected chi connectivity index (χ1v) is 12.5. The molecule has 1 spiro atoms. The summed E-state index contributed by atoms with van der Waals surface area (Å²) in [6.45, 7) is 11.2. The number of rotatable bonds is 4. The fourth-order valence-corrected chi connectivity index (χ4v) is 9.04. The van der Waals surface area contributed by atoms with Crippen molar-refractivity contribution in [2.45, 2.75) is 105 Å². The third-order valence-corrected chi connectivity index (χ3v) is 10.1. The molecular weight excluding hydrogens is 424 g/mol. The summed E-state index contributed by atoms with van der Waals surface area (Å²) in [5, 5.41) is 11.5. The van der Waals surface area contributed by atoms with Crippen LogP contribution < -0.4 is 0 Å². The molecule has 4 fully saturated rings. The lowest BCUT2D eigenvalue weighted by molar-refractivity contribution is -0.234. The number of hydrogen-bond acceptors (Lipinski definition) is 7. The van der Waals surface area contributed by atoms with E-state index in [4.69, 9.17) is 14.2 Å². The van der Waals surface area contributed by atoms with Crippen molar-refractivity contribution < 1.29 is 33.7 Å². The van der Waals surface area contributed by atoms with Gasteiger partial charge in [-0.1, -0.05) is 27.2 Å². The van der Waals surface area contributed by atoms with Gasteiger partial charge in [-0.2, -0.15) is 0 Å². The molecule has 0 radical (unpaired) electrons. The van der Waals surface area contributed by atoms with Crippen LogP contribution in [0.2, 0.25) is 0 Å². The van der Waals surface area contributed by atoms with Gasteiger partial charge in [0.05, 0.1) is 12.0 Å². The SMILES string of the molecule is CC(=O)OC[C@@]1(C)CCC[C@]2(C)[C@@H]1CC[C@]13C(OC(C)=O)[C@](C)(CC[C@@H]21)[C@H](O)[C@H]3OC(C)=O. The quantitative estimate of drug-likeness (QED) is 0.499. The van der Waals surface area contributed by atoms with Gasteiger partial charge in [-0.15, -0.1) is 0 Å². The van der Waals surface area contributed by atoms with Gasteiger partial charge in [0, 0.05) is 31.6 Å². The number of hydrogen-bond donors (Lipinski definition) is 1. The number of ether oxygens (including phenoxy) is 3. The molecule has 4 saturated carbocycles. The van der Waals surface area contributed by atoms with Crippen molar-refractivity contribution >= 4 is 17.9 Å². The summed E-state index contributed by atoms with van der Waals surface area (Å²) < 4.78 is 17.4. The molecule has 0 heterocycles. The number of aliphatic hydroxyl groups excluding tert-OH is 1. The second kappa shape index (κ2) is 7.96. The van der Waals surface area contributed by atoms with Crippen LogP contribution in [-0.4, -0.2) is 47.9 Å². The number of fused-ring (bicyclic) bond motifs is 3. The molecule has 0 aromatic carbocycles. The first-order valence-electron chi connectivity index (χ1n) is 12.5. The molecule has 4 aliphatic carbocycles. The molecule has 0 amide bonds. The Labute approximate surface area is 196 Å². The van der Waals surface area contributed by atoms with Crippen molar-refractivity contribution in [2.75, 3.05) is 6.61 Å². The minimum absolute atomic E-state index is 0.104. The van der Waals surface area contributed by atoms with Gasteiger partial charge in [0.15, 0.2) is 0 Å². The van der Waals surface area contributed by atoms with Crippen LogP contribution in [0.4, 0.5) is 0 Å². The zero-order valence-corrected chi connectivity index (χ0v) is 20.9. The number of aliphatic hydroxyl groups is 1. The summed E-state index contributed by atoms with van der Waals surface area (Å²) in [6.07, 6.45) is 4.11. The Kier molecular flexibility index (Phi) is 5.91. The van der Waals surface area contributed by atoms with Gasteiger partial charge >= 0.3 is 17.9 Å². The molecule has 1 N–H and O–H groups in total. The Hall–Kier alpha value is -1.63. The third kappa shape index (κ3) is 3.43. The lowest BCUT2D eigenvalue weighted by Crippen LogP contribution is -2.64. The topological polar surface area (TPSA) is 99.1 Å². The molecule has 7 nitrogen and oxygen atoms in total. The molecule has 4 aliphatic rings. The van der Waals surface area contributed by atoms with Crippen molar-refractivity contribution in [3.8, 4) is 0 Å². The van der Waals surface area contributed by atoms with Crippen molar-refractivity contribution in [3.05, 3.63) is 0 Å². The largest absolute Gasteiger partial charge is 0.465 e. The highest BCUT2D eigenvalue weighted by molar-refractivity contribution is 5.67. The van der Waals surface area contributed by atoms with Gasteiger partial charge in [0.2, 0.25) is 0 Å². The van der Waals surface area contributed by atoms with Crippen LogP contribution >= 0.6 is 0 Å². The summed E-state index contributed by atoms with van der Waals surface area (Å²) in [5.74, 6) is -0.586. The lowest BCUT2D eigenvalue weighted by atomic mass is 9.39. The smallest absolute Gasteiger partial charge is 0.303 e. The Morgan fingerprint density at radius 2 is 1.45 bits per heavy atom. The predicted octanol–water partition coefficient (Wildman–Crippen LogP) is 3.80. The maximum absolute atomic E-state index is 12.2. The molecule has 0 aromatic heterocycles. The van der Waals surface area contributed by atoms with Gasteiger partial charge in [-0.25, -0.2) is 0 Å². The highest BCUT2D eigenvalue weighted by atomic mass is 16.6. The molecule has 1 unspecified atom stereocenters. The normalized spacial score (nSPS) is 48.3. The second-order valence-corrected chi connectivity index (χ2v) is 12.1. The van der Waals surface area contributed by atoms with Crippen LogP contribution in [0.3, 0.4) is 0 Å². The molecule has 9 atom stereocenters. The fraction of sp³-hybridized carbons (Fsp3) is 0.885. The van der Waals surface area contributed by atoms with Crippen LogP contribution in [0, 0.1) is 33.5 Å². The number of carbonyl (C=O) groups is 3. The molecule has 33 heavy (non-hydrogen) atoms. The van der Waals surface area contributed by atoms with E-state index in [1.807, 2.05) is 6.92 Å². The van der Waals surface area contributed by atoms with Crippen LogP contribution in [0.1, 0.15) is 86.5 Å². The summed E-state index contributed by atoms with van der Waals surface area (Å²) in [6, 6.07) is 0. The highest BCUT2D eigenvalue weighted by Gasteiger charge is 2.77. The average molecular weight is 465 g/mol. The summed E-state index contributed by atoms with van der Waals surface area (Å²) in [7, 11) is 0. The summed E-state index contributed by atoms with van der Waals surface area (Å²) >= 11 is 0. The van der Waals surface area contributed by atoms with E-state index in [-0.39, 0.29) is 28.7 Å². The average Bonchev–Trinajstić information content (AvgIpc) is 2.80. The van der Waals surface area contributed by atoms with Crippen molar-refractivity contribution in [1.82, 2.24) is 0 Å². The van der Waals surface area contributed by atoms with Gasteiger partial charge in [0.25, 0.3) is 0 Å². The molecule has 7 heteroatoms. The van der Waals surface area contributed by atoms with Gasteiger partial charge < -0.3 is 19.3 Å². The first kappa shape index (κ1) is 24.5. The van der Waals surface area contributed by atoms with Gasteiger partial charge in [-0.3, -0.25) is 14.4 Å². The number of carbonyl (C=O) groups excluding carboxylic acids is 3. The standard InChI is InChI=1S/C26H40O7/c1-15(27)31-14-23(4)10-7-11-24(5)18(23)9-13-26-19(24)8-12-25(6,22(26)33-17(3)29)20(30)21(26)32-16(2)28/h18-22,30H,7-14H2,1-6H3/t18-,19+,20-,21-,22?,23-,24-,25-,26+/m1/s1. The van der Waals surface area contributed by atoms with E-state index in [0.717, 1.165) is 32.1 Å². The van der Waals surface area contributed by atoms with Crippen molar-refractivity contribution in [2.24, 2.45) is 33.5 Å². The van der Waals surface area contributed by atoms with E-state index in [1.54, 1.807) is 0 Å². The van der Waals surface area contributed by atoms with E-state index in [0.29, 0.717) is 25.4 Å². The lowest BCUT2D eigenvalue weighted by Gasteiger charge is -2.66. The monoisotopic (exact) mass is 464 g/mol. The maximum Gasteiger partial charge on any atom is 0.303 e. The number of esters is 3. The van der Waals surface area contributed by atoms with Crippen LogP contribution in [0.25, 0.3) is 0 Å². The van der Waals surface area contributed by atoms with Gasteiger partial charge in [0.1, 0.15) is 18.3 Å². The Morgan fingerprint density at radius 3 is 2.06 bits per heavy atom. The molecule has 186 valence electrons. The molecule has 4 rings (SSSR count). The zero-order valence-electron chi connectivity index (χ0n) is 20.9. The Balaban J connectivity index is 1.80. The van der Waals surface area contributed by atoms with Crippen molar-refractivity contribution in [3.63, 3.8) is 0 Å². The third-order valence-electron chi connectivity index (χ3n) is 10.1. The van der Waals surface area contributed by atoms with Crippen LogP contribution in [0.15, 0.2) is 0 Å². The van der Waals surface area contributed by atoms with E-state index in [2.05, 4.69) is 13.8 Å². The molecule has 0 aliphatic heterocycles. The first-order chi connectivity index (χ1) is 15.3. The zero-order chi connectivity index (χ0) is 24.4. The predicted molar refractivity (Wildman–Crippen MR) is 120 cm³/mol. The van der Waals surface area contributed by atoms with Crippen molar-refractivity contribution in [1.29, 1.82) is 0 Å². The van der Waals surface area contributed by atoms with E-state index >= 15 is 0 Å². The minimum atomic E-state index is -0.882. The Bertz CT molecular complexity index is 840. The van der Waals surface area contributed by atoms with Crippen LogP contribution in [0.5, 0.6) is 0 Å². The molecular formula is C26H40O7. The summed E-state index contributed by atoms with van der Waals surface area (Å²) in [4.78, 5) is 36.0. The van der Waals surface area contributed by atoms with E-state index < -0.39 is 35.1 Å². The summed E-state index contributed by atoms with van der Waals surface area (Å²) in [5.41, 5.74) is -1.50. The van der Waals surface area contributed by atoms with Gasteiger partial charge in [-0.05, 0) is 55.8 Å². The molecule has 0 aromatic rings. The molecule has 2 bridgehead atoms. The second-order valence-electron chi connectivity index (χ2n) is 12.1. The maximum atomic E-state index is 12.2. The molecule has 0 saturated heterocycles. The fourth-order valence-electron chi connectivity index (χ4n) is 9.04. The van der Waals surface area contributed by atoms with E-state index in [9.17, 15) is 19.5 Å². The van der Waals surface area contributed by atoms with Crippen LogP contribution in [-0.2, 0) is 28.6 Å². The van der Waals surface area contributed by atoms with E-state index in [1.165, 1.54) is 20.8 Å². The highest BCUT2D eigenvalue weighted by Crippen LogP contribution is 2.74. The Morgan fingerprint density at radius 1 is 0.818 bits per heavy atom.